The van der Waals surface area contributed by atoms with E-state index in [1.165, 1.54) is 12.1 Å². The Labute approximate surface area is 194 Å². The Kier molecular flexibility index (Phi) is 5.36. The second kappa shape index (κ2) is 8.48. The van der Waals surface area contributed by atoms with Gasteiger partial charge in [0.1, 0.15) is 5.58 Å². The number of carboxylic acids is 1. The molecule has 0 bridgehead atoms. The van der Waals surface area contributed by atoms with Gasteiger partial charge in [0.2, 0.25) is 0 Å². The normalized spacial score (nSPS) is 11.2. The van der Waals surface area contributed by atoms with Crippen molar-refractivity contribution in [1.82, 2.24) is 9.88 Å². The van der Waals surface area contributed by atoms with Gasteiger partial charge in [0.05, 0.1) is 22.9 Å². The van der Waals surface area contributed by atoms with Crippen molar-refractivity contribution in [3.05, 3.63) is 106 Å². The Bertz CT molecular complexity index is 1500. The van der Waals surface area contributed by atoms with Gasteiger partial charge in [0.25, 0.3) is 5.91 Å². The van der Waals surface area contributed by atoms with Crippen LogP contribution in [0.25, 0.3) is 21.9 Å². The van der Waals surface area contributed by atoms with Gasteiger partial charge in [-0.15, -0.1) is 0 Å². The first-order valence-corrected chi connectivity index (χ1v) is 10.7. The average molecular weight is 459 g/mol. The summed E-state index contributed by atoms with van der Waals surface area (Å²) in [7, 11) is 0. The lowest BCUT2D eigenvalue weighted by atomic mass is 10.1. The largest absolute Gasteiger partial charge is 0.478 e. The average Bonchev–Trinajstić information content (AvgIpc) is 3.44. The van der Waals surface area contributed by atoms with Gasteiger partial charge in [-0.3, -0.25) is 4.79 Å². The lowest BCUT2D eigenvalue weighted by Crippen LogP contribution is -2.23. The molecule has 0 radical (unpaired) electrons. The van der Waals surface area contributed by atoms with E-state index in [0.717, 1.165) is 33.0 Å². The van der Waals surface area contributed by atoms with Crippen LogP contribution in [0, 0.1) is 0 Å². The molecule has 0 fully saturated rings. The summed E-state index contributed by atoms with van der Waals surface area (Å²) in [6, 6.07) is 19.7. The number of carboxylic acid groups (broad SMARTS) is 1. The van der Waals surface area contributed by atoms with E-state index in [1.54, 1.807) is 18.4 Å². The van der Waals surface area contributed by atoms with E-state index in [0.29, 0.717) is 17.1 Å². The maximum Gasteiger partial charge on any atom is 0.335 e. The number of amides is 1. The molecule has 0 unspecified atom stereocenters. The minimum atomic E-state index is -0.984. The van der Waals surface area contributed by atoms with Gasteiger partial charge in [-0.25, -0.2) is 4.79 Å². The van der Waals surface area contributed by atoms with Crippen LogP contribution in [0.2, 0.25) is 5.02 Å². The van der Waals surface area contributed by atoms with Gasteiger partial charge >= 0.3 is 5.97 Å². The van der Waals surface area contributed by atoms with Crippen molar-refractivity contribution in [3.63, 3.8) is 0 Å². The summed E-state index contributed by atoms with van der Waals surface area (Å²) in [6.45, 7) is 0.825. The van der Waals surface area contributed by atoms with Crippen LogP contribution in [-0.2, 0) is 13.1 Å². The molecule has 6 nitrogen and oxygen atoms in total. The summed E-state index contributed by atoms with van der Waals surface area (Å²) in [4.78, 5) is 24.3. The standard InChI is InChI=1S/C26H19ClN2O4/c27-20-3-1-2-17(12-20)15-29-10-8-21-23(29)22(13-19-9-11-33-24(19)21)25(30)28-14-16-4-6-18(7-5-16)26(31)32/h1-13H,14-15H2,(H,28,30)(H,31,32). The van der Waals surface area contributed by atoms with Crippen molar-refractivity contribution in [2.45, 2.75) is 13.1 Å². The van der Waals surface area contributed by atoms with Crippen molar-refractivity contribution in [2.75, 3.05) is 0 Å². The van der Waals surface area contributed by atoms with Crippen molar-refractivity contribution in [1.29, 1.82) is 0 Å². The van der Waals surface area contributed by atoms with Crippen LogP contribution in [-0.4, -0.2) is 21.6 Å². The van der Waals surface area contributed by atoms with E-state index in [2.05, 4.69) is 5.32 Å². The predicted molar refractivity (Wildman–Crippen MR) is 127 cm³/mol. The van der Waals surface area contributed by atoms with Gasteiger partial charge in [-0.2, -0.15) is 0 Å². The van der Waals surface area contributed by atoms with E-state index < -0.39 is 5.97 Å². The van der Waals surface area contributed by atoms with Gasteiger partial charge in [-0.1, -0.05) is 35.9 Å². The Morgan fingerprint density at radius 1 is 1.00 bits per heavy atom. The first-order valence-electron chi connectivity index (χ1n) is 10.3. The molecule has 2 heterocycles. The molecule has 33 heavy (non-hydrogen) atoms. The Hall–Kier alpha value is -4.03. The van der Waals surface area contributed by atoms with Crippen LogP contribution in [0.1, 0.15) is 31.8 Å². The first kappa shape index (κ1) is 20.8. The minimum Gasteiger partial charge on any atom is -0.478 e. The minimum absolute atomic E-state index is 0.205. The quantitative estimate of drug-likeness (QED) is 0.341. The highest BCUT2D eigenvalue weighted by molar-refractivity contribution is 6.30. The van der Waals surface area contributed by atoms with Crippen LogP contribution in [0.4, 0.5) is 0 Å². The molecular weight excluding hydrogens is 440 g/mol. The lowest BCUT2D eigenvalue weighted by molar-refractivity contribution is 0.0696. The third kappa shape index (κ3) is 4.08. The molecule has 5 rings (SSSR count). The predicted octanol–water partition coefficient (Wildman–Crippen LogP) is 5.72. The zero-order valence-corrected chi connectivity index (χ0v) is 18.2. The van der Waals surface area contributed by atoms with E-state index in [9.17, 15) is 9.59 Å². The highest BCUT2D eigenvalue weighted by Crippen LogP contribution is 2.31. The summed E-state index contributed by atoms with van der Waals surface area (Å²) in [5.41, 5.74) is 4.07. The molecule has 0 aliphatic carbocycles. The number of hydrogen-bond donors (Lipinski definition) is 2. The number of aromatic carboxylic acids is 1. The highest BCUT2D eigenvalue weighted by atomic mass is 35.5. The van der Waals surface area contributed by atoms with Gasteiger partial charge in [0.15, 0.2) is 0 Å². The lowest BCUT2D eigenvalue weighted by Gasteiger charge is -2.12. The number of furan rings is 1. The van der Waals surface area contributed by atoms with Crippen LogP contribution in [0.3, 0.4) is 0 Å². The summed E-state index contributed by atoms with van der Waals surface area (Å²) < 4.78 is 7.71. The van der Waals surface area contributed by atoms with E-state index in [-0.39, 0.29) is 18.0 Å². The molecule has 7 heteroatoms. The van der Waals surface area contributed by atoms with Crippen molar-refractivity contribution < 1.29 is 19.1 Å². The maximum absolute atomic E-state index is 13.3. The number of halogens is 1. The molecule has 5 aromatic rings. The Balaban J connectivity index is 1.49. The first-order chi connectivity index (χ1) is 16.0. The number of fused-ring (bicyclic) bond motifs is 3. The molecule has 1 amide bonds. The Morgan fingerprint density at radius 2 is 1.82 bits per heavy atom. The molecular formula is C26H19ClN2O4. The molecule has 0 atom stereocenters. The number of nitrogens with one attached hydrogen (secondary N) is 1. The molecule has 164 valence electrons. The third-order valence-corrected chi connectivity index (χ3v) is 5.83. The fraction of sp³-hybridized carbons (Fsp3) is 0.0769. The molecule has 0 saturated heterocycles. The molecule has 0 aliphatic rings. The number of carbonyl (C=O) groups excluding carboxylic acids is 1. The molecule has 2 N–H and O–H groups in total. The summed E-state index contributed by atoms with van der Waals surface area (Å²) in [6.07, 6.45) is 3.55. The number of rotatable bonds is 6. The number of aromatic nitrogens is 1. The topological polar surface area (TPSA) is 84.5 Å². The molecule has 0 saturated carbocycles. The van der Waals surface area contributed by atoms with Crippen LogP contribution in [0.5, 0.6) is 0 Å². The smallest absolute Gasteiger partial charge is 0.335 e. The van der Waals surface area contributed by atoms with Crippen LogP contribution in [0.15, 0.2) is 83.6 Å². The zero-order chi connectivity index (χ0) is 22.9. The van der Waals surface area contributed by atoms with E-state index in [1.807, 2.05) is 53.2 Å². The van der Waals surface area contributed by atoms with Crippen molar-refractivity contribution >= 4 is 45.3 Å². The number of carbonyl (C=O) groups is 2. The summed E-state index contributed by atoms with van der Waals surface area (Å²) in [5.74, 6) is -1.21. The van der Waals surface area contributed by atoms with E-state index >= 15 is 0 Å². The van der Waals surface area contributed by atoms with Crippen LogP contribution >= 0.6 is 11.6 Å². The van der Waals surface area contributed by atoms with Gasteiger partial charge in [0, 0.05) is 35.1 Å². The number of benzene rings is 3. The van der Waals surface area contributed by atoms with Gasteiger partial charge < -0.3 is 19.4 Å². The van der Waals surface area contributed by atoms with Crippen LogP contribution < -0.4 is 5.32 Å². The van der Waals surface area contributed by atoms with Crippen molar-refractivity contribution in [3.8, 4) is 0 Å². The fourth-order valence-corrected chi connectivity index (χ4v) is 4.22. The molecule has 0 spiro atoms. The second-order valence-corrected chi connectivity index (χ2v) is 8.22. The third-order valence-electron chi connectivity index (χ3n) is 5.60. The molecule has 2 aromatic heterocycles. The summed E-state index contributed by atoms with van der Waals surface area (Å²) in [5, 5.41) is 14.4. The SMILES string of the molecule is O=C(O)c1ccc(CNC(=O)c2cc3ccoc3c3ccn(Cc4cccc(Cl)c4)c23)cc1. The molecule has 0 aliphatic heterocycles. The molecule has 3 aromatic carbocycles. The fourth-order valence-electron chi connectivity index (χ4n) is 4.01. The van der Waals surface area contributed by atoms with E-state index in [4.69, 9.17) is 21.1 Å². The number of nitrogens with zero attached hydrogens (tertiary/aromatic N) is 1. The Morgan fingerprint density at radius 3 is 2.58 bits per heavy atom. The monoisotopic (exact) mass is 458 g/mol. The zero-order valence-electron chi connectivity index (χ0n) is 17.4. The summed E-state index contributed by atoms with van der Waals surface area (Å²) >= 11 is 6.15. The van der Waals surface area contributed by atoms with Crippen molar-refractivity contribution in [2.24, 2.45) is 0 Å². The second-order valence-electron chi connectivity index (χ2n) is 7.78. The van der Waals surface area contributed by atoms with Gasteiger partial charge in [-0.05, 0) is 53.6 Å². The highest BCUT2D eigenvalue weighted by Gasteiger charge is 2.18. The number of hydrogen-bond acceptors (Lipinski definition) is 3. The maximum atomic E-state index is 13.3.